The summed E-state index contributed by atoms with van der Waals surface area (Å²) in [5, 5.41) is 4.96. The second-order valence-corrected chi connectivity index (χ2v) is 9.80. The molecule has 1 amide bonds. The van der Waals surface area contributed by atoms with Crippen LogP contribution < -0.4 is 4.72 Å². The number of sulfonamides is 1. The van der Waals surface area contributed by atoms with E-state index in [-0.39, 0.29) is 24.4 Å². The maximum Gasteiger partial charge on any atom is 0.282 e. The van der Waals surface area contributed by atoms with Gasteiger partial charge >= 0.3 is 0 Å². The lowest BCUT2D eigenvalue weighted by Crippen LogP contribution is -2.32. The van der Waals surface area contributed by atoms with Crippen molar-refractivity contribution in [2.24, 2.45) is 0 Å². The van der Waals surface area contributed by atoms with Crippen LogP contribution in [-0.2, 0) is 21.4 Å². The molecular formula is C22H20ClN3O5S. The van der Waals surface area contributed by atoms with E-state index in [4.69, 9.17) is 16.1 Å². The Hall–Kier alpha value is -3.17. The number of Topliss-reactive ketones (excluding diaryl/α,β-unsaturated/α-hetero) is 1. The highest BCUT2D eigenvalue weighted by molar-refractivity contribution is 7.89. The lowest BCUT2D eigenvalue weighted by Gasteiger charge is -2.14. The number of aryl methyl sites for hydroxylation is 2. The monoisotopic (exact) mass is 473 g/mol. The second-order valence-electron chi connectivity index (χ2n) is 7.61. The standard InChI is InChI=1S/C22H20ClN3O5S/c1-12-17(13(2)31-24-12)11-26-18-9-8-14(23)10-16(18)20(15-6-4-5-7-19(15)27)21(26)22(28)25-32(3,29)30/h4-6,8-10H,7,11H2,1-3H3,(H,25,28). The molecule has 0 bridgehead atoms. The molecule has 166 valence electrons. The number of benzene rings is 1. The van der Waals surface area contributed by atoms with Gasteiger partial charge in [0.25, 0.3) is 5.91 Å². The minimum Gasteiger partial charge on any atom is -0.361 e. The minimum atomic E-state index is -3.86. The third-order valence-corrected chi connectivity index (χ3v) is 6.08. The molecule has 0 radical (unpaired) electrons. The van der Waals surface area contributed by atoms with Gasteiger partial charge in [-0.2, -0.15) is 0 Å². The molecule has 0 fully saturated rings. The van der Waals surface area contributed by atoms with Gasteiger partial charge in [0.15, 0.2) is 5.78 Å². The number of fused-ring (bicyclic) bond motifs is 1. The van der Waals surface area contributed by atoms with Gasteiger partial charge in [-0.3, -0.25) is 9.59 Å². The quantitative estimate of drug-likeness (QED) is 0.606. The number of hydrogen-bond donors (Lipinski definition) is 1. The normalized spacial score (nSPS) is 14.1. The number of ketones is 1. The van der Waals surface area contributed by atoms with Crippen LogP contribution in [0.4, 0.5) is 0 Å². The third-order valence-electron chi connectivity index (χ3n) is 5.29. The van der Waals surface area contributed by atoms with Gasteiger partial charge in [0.05, 0.1) is 18.5 Å². The maximum atomic E-state index is 13.3. The van der Waals surface area contributed by atoms with Gasteiger partial charge < -0.3 is 9.09 Å². The number of carbonyl (C=O) groups excluding carboxylic acids is 2. The molecular weight excluding hydrogens is 454 g/mol. The van der Waals surface area contributed by atoms with E-state index in [0.29, 0.717) is 38.5 Å². The Labute approximate surface area is 189 Å². The van der Waals surface area contributed by atoms with Crippen LogP contribution in [0.15, 0.2) is 41.0 Å². The highest BCUT2D eigenvalue weighted by Crippen LogP contribution is 2.36. The number of aromatic nitrogens is 2. The van der Waals surface area contributed by atoms with Crippen molar-refractivity contribution in [3.8, 4) is 0 Å². The third kappa shape index (κ3) is 4.01. The van der Waals surface area contributed by atoms with Crippen molar-refractivity contribution in [2.45, 2.75) is 26.8 Å². The van der Waals surface area contributed by atoms with Gasteiger partial charge in [0, 0.05) is 39.0 Å². The van der Waals surface area contributed by atoms with E-state index in [1.54, 1.807) is 54.8 Å². The fourth-order valence-electron chi connectivity index (χ4n) is 3.87. The van der Waals surface area contributed by atoms with Crippen LogP contribution in [0.5, 0.6) is 0 Å². The molecule has 0 spiro atoms. The van der Waals surface area contributed by atoms with E-state index >= 15 is 0 Å². The van der Waals surface area contributed by atoms with E-state index < -0.39 is 15.9 Å². The lowest BCUT2D eigenvalue weighted by molar-refractivity contribution is -0.113. The van der Waals surface area contributed by atoms with Crippen LogP contribution in [0.25, 0.3) is 16.5 Å². The molecule has 0 unspecified atom stereocenters. The Morgan fingerprint density at radius 2 is 2.06 bits per heavy atom. The summed E-state index contributed by atoms with van der Waals surface area (Å²) in [6, 6.07) is 5.08. The van der Waals surface area contributed by atoms with E-state index in [0.717, 1.165) is 11.8 Å². The molecule has 3 aromatic rings. The van der Waals surface area contributed by atoms with Crippen molar-refractivity contribution < 1.29 is 22.5 Å². The molecule has 0 saturated carbocycles. The van der Waals surface area contributed by atoms with Gasteiger partial charge in [-0.05, 0) is 32.0 Å². The van der Waals surface area contributed by atoms with Gasteiger partial charge in [0.2, 0.25) is 10.0 Å². The number of hydrogen-bond acceptors (Lipinski definition) is 6. The van der Waals surface area contributed by atoms with E-state index in [9.17, 15) is 18.0 Å². The Balaban J connectivity index is 2.08. The van der Waals surface area contributed by atoms with E-state index in [1.165, 1.54) is 0 Å². The zero-order chi connectivity index (χ0) is 23.2. The zero-order valence-corrected chi connectivity index (χ0v) is 19.2. The first-order valence-corrected chi connectivity index (χ1v) is 12.0. The fourth-order valence-corrected chi connectivity index (χ4v) is 4.47. The van der Waals surface area contributed by atoms with Gasteiger partial charge in [-0.1, -0.05) is 35.0 Å². The molecule has 10 heteroatoms. The average molecular weight is 474 g/mol. The van der Waals surface area contributed by atoms with Crippen LogP contribution in [0.3, 0.4) is 0 Å². The first-order valence-electron chi connectivity index (χ1n) is 9.73. The summed E-state index contributed by atoms with van der Waals surface area (Å²) in [6.07, 6.45) is 6.15. The number of nitrogens with one attached hydrogen (secondary N) is 1. The molecule has 1 aliphatic carbocycles. The van der Waals surface area contributed by atoms with Gasteiger partial charge in [0.1, 0.15) is 11.5 Å². The highest BCUT2D eigenvalue weighted by Gasteiger charge is 2.30. The van der Waals surface area contributed by atoms with Crippen molar-refractivity contribution in [3.63, 3.8) is 0 Å². The van der Waals surface area contributed by atoms with Crippen LogP contribution in [0, 0.1) is 13.8 Å². The Bertz CT molecular complexity index is 1420. The molecule has 2 heterocycles. The smallest absolute Gasteiger partial charge is 0.282 e. The summed E-state index contributed by atoms with van der Waals surface area (Å²) in [6.45, 7) is 3.72. The number of nitrogens with zero attached hydrogens (tertiary/aromatic N) is 2. The second kappa shape index (κ2) is 8.07. The zero-order valence-electron chi connectivity index (χ0n) is 17.6. The van der Waals surface area contributed by atoms with E-state index in [1.807, 2.05) is 4.72 Å². The summed E-state index contributed by atoms with van der Waals surface area (Å²) in [7, 11) is -3.86. The van der Waals surface area contributed by atoms with Crippen molar-refractivity contribution in [2.75, 3.05) is 6.26 Å². The molecule has 1 aliphatic rings. The Kier molecular flexibility index (Phi) is 5.56. The number of allylic oxidation sites excluding steroid dienone is 4. The summed E-state index contributed by atoms with van der Waals surface area (Å²) in [4.78, 5) is 26.0. The fraction of sp³-hybridized carbons (Fsp3) is 0.227. The topological polar surface area (TPSA) is 111 Å². The van der Waals surface area contributed by atoms with Crippen molar-refractivity contribution >= 4 is 49.8 Å². The first-order chi connectivity index (χ1) is 15.1. The number of rotatable bonds is 5. The first kappa shape index (κ1) is 22.0. The molecule has 0 saturated heterocycles. The number of carbonyl (C=O) groups is 2. The predicted octanol–water partition coefficient (Wildman–Crippen LogP) is 3.55. The Morgan fingerprint density at radius 3 is 2.69 bits per heavy atom. The molecule has 32 heavy (non-hydrogen) atoms. The van der Waals surface area contributed by atoms with Crippen molar-refractivity contribution in [1.29, 1.82) is 0 Å². The molecule has 8 nitrogen and oxygen atoms in total. The molecule has 1 aromatic carbocycles. The SMILES string of the molecule is Cc1noc(C)c1Cn1c(C(=O)NS(C)(=O)=O)c(C2=CC=CCC2=O)c2cc(Cl)ccc21. The molecule has 0 aliphatic heterocycles. The largest absolute Gasteiger partial charge is 0.361 e. The summed E-state index contributed by atoms with van der Waals surface area (Å²) in [5.41, 5.74) is 2.71. The molecule has 4 rings (SSSR count). The number of amides is 1. The van der Waals surface area contributed by atoms with Crippen LogP contribution in [0.1, 0.15) is 39.5 Å². The Morgan fingerprint density at radius 1 is 1.31 bits per heavy atom. The van der Waals surface area contributed by atoms with E-state index in [2.05, 4.69) is 5.16 Å². The summed E-state index contributed by atoms with van der Waals surface area (Å²) >= 11 is 6.26. The van der Waals surface area contributed by atoms with Crippen LogP contribution in [0.2, 0.25) is 5.02 Å². The minimum absolute atomic E-state index is 0.0441. The van der Waals surface area contributed by atoms with Crippen LogP contribution in [-0.4, -0.2) is 36.1 Å². The molecule has 2 aromatic heterocycles. The average Bonchev–Trinajstić information content (AvgIpc) is 3.19. The molecule has 0 atom stereocenters. The van der Waals surface area contributed by atoms with Crippen LogP contribution >= 0.6 is 11.6 Å². The lowest BCUT2D eigenvalue weighted by atomic mass is 9.93. The van der Waals surface area contributed by atoms with Gasteiger partial charge in [-0.15, -0.1) is 0 Å². The summed E-state index contributed by atoms with van der Waals surface area (Å²) in [5.74, 6) is -0.452. The highest BCUT2D eigenvalue weighted by atomic mass is 35.5. The van der Waals surface area contributed by atoms with Gasteiger partial charge in [-0.25, -0.2) is 13.1 Å². The predicted molar refractivity (Wildman–Crippen MR) is 121 cm³/mol. The van der Waals surface area contributed by atoms with Crippen molar-refractivity contribution in [1.82, 2.24) is 14.4 Å². The maximum absolute atomic E-state index is 13.3. The summed E-state index contributed by atoms with van der Waals surface area (Å²) < 4.78 is 32.8. The number of halogens is 1. The van der Waals surface area contributed by atoms with Crippen molar-refractivity contribution in [3.05, 3.63) is 69.7 Å². The molecule has 1 N–H and O–H groups in total.